The SMILES string of the molecule is C#CC(C)NC(=O)c1ccc2c(c1)CCC(=O)N2. The molecule has 2 amide bonds. The molecule has 0 saturated heterocycles. The Kier molecular flexibility index (Phi) is 3.33. The zero-order valence-electron chi connectivity index (χ0n) is 10.1. The number of amides is 2. The first-order valence-electron chi connectivity index (χ1n) is 5.80. The van der Waals surface area contributed by atoms with Crippen molar-refractivity contribution in [3.63, 3.8) is 0 Å². The number of hydrogen-bond acceptors (Lipinski definition) is 2. The number of anilines is 1. The van der Waals surface area contributed by atoms with E-state index in [1.54, 1.807) is 25.1 Å². The molecule has 0 fully saturated rings. The van der Waals surface area contributed by atoms with E-state index < -0.39 is 0 Å². The van der Waals surface area contributed by atoms with Gasteiger partial charge in [0.05, 0.1) is 6.04 Å². The Morgan fingerprint density at radius 1 is 1.50 bits per heavy atom. The number of carbonyl (C=O) groups excluding carboxylic acids is 2. The fourth-order valence-electron chi connectivity index (χ4n) is 1.85. The van der Waals surface area contributed by atoms with Crippen molar-refractivity contribution in [2.45, 2.75) is 25.8 Å². The van der Waals surface area contributed by atoms with Gasteiger partial charge in [-0.25, -0.2) is 0 Å². The van der Waals surface area contributed by atoms with Crippen molar-refractivity contribution in [1.82, 2.24) is 5.32 Å². The van der Waals surface area contributed by atoms with Crippen LogP contribution in [0.2, 0.25) is 0 Å². The van der Waals surface area contributed by atoms with E-state index in [1.807, 2.05) is 0 Å². The van der Waals surface area contributed by atoms with Crippen molar-refractivity contribution >= 4 is 17.5 Å². The summed E-state index contributed by atoms with van der Waals surface area (Å²) in [5.41, 5.74) is 2.33. The van der Waals surface area contributed by atoms with Gasteiger partial charge in [-0.2, -0.15) is 0 Å². The van der Waals surface area contributed by atoms with Crippen LogP contribution in [-0.4, -0.2) is 17.9 Å². The lowest BCUT2D eigenvalue weighted by Crippen LogP contribution is -2.31. The Morgan fingerprint density at radius 2 is 2.28 bits per heavy atom. The number of rotatable bonds is 2. The standard InChI is InChI=1S/C14H14N2O2/c1-3-9(2)15-14(18)11-4-6-12-10(8-11)5-7-13(17)16-12/h1,4,6,8-9H,5,7H2,2H3,(H,15,18)(H,16,17). The second-order valence-electron chi connectivity index (χ2n) is 4.28. The first kappa shape index (κ1) is 12.2. The Morgan fingerprint density at radius 3 is 3.00 bits per heavy atom. The van der Waals surface area contributed by atoms with E-state index in [0.29, 0.717) is 18.4 Å². The summed E-state index contributed by atoms with van der Waals surface area (Å²) in [5, 5.41) is 5.47. The molecule has 0 bridgehead atoms. The smallest absolute Gasteiger partial charge is 0.252 e. The highest BCUT2D eigenvalue weighted by molar-refractivity contribution is 5.98. The molecule has 1 atom stereocenters. The van der Waals surface area contributed by atoms with Crippen LogP contribution in [0.1, 0.15) is 29.3 Å². The average Bonchev–Trinajstić information content (AvgIpc) is 2.37. The highest BCUT2D eigenvalue weighted by atomic mass is 16.2. The molecule has 2 rings (SSSR count). The van der Waals surface area contributed by atoms with E-state index in [4.69, 9.17) is 6.42 Å². The fourth-order valence-corrected chi connectivity index (χ4v) is 1.85. The maximum Gasteiger partial charge on any atom is 0.252 e. The maximum atomic E-state index is 11.9. The quantitative estimate of drug-likeness (QED) is 0.768. The minimum atomic E-state index is -0.298. The normalized spacial score (nSPS) is 15.0. The summed E-state index contributed by atoms with van der Waals surface area (Å²) in [6.45, 7) is 1.75. The molecule has 1 unspecified atom stereocenters. The molecule has 2 N–H and O–H groups in total. The molecule has 1 aliphatic heterocycles. The minimum absolute atomic E-state index is 0.0145. The van der Waals surface area contributed by atoms with Gasteiger partial charge in [-0.05, 0) is 37.1 Å². The summed E-state index contributed by atoms with van der Waals surface area (Å²) in [6, 6.07) is 4.94. The number of carbonyl (C=O) groups is 2. The zero-order chi connectivity index (χ0) is 13.1. The Labute approximate surface area is 106 Å². The van der Waals surface area contributed by atoms with Crippen LogP contribution in [-0.2, 0) is 11.2 Å². The van der Waals surface area contributed by atoms with Crippen LogP contribution in [0.5, 0.6) is 0 Å². The summed E-state index contributed by atoms with van der Waals surface area (Å²) >= 11 is 0. The van der Waals surface area contributed by atoms with Crippen LogP contribution in [0, 0.1) is 12.3 Å². The number of aryl methyl sites for hydroxylation is 1. The second-order valence-corrected chi connectivity index (χ2v) is 4.28. The highest BCUT2D eigenvalue weighted by Crippen LogP contribution is 2.23. The third-order valence-corrected chi connectivity index (χ3v) is 2.86. The number of benzene rings is 1. The Balaban J connectivity index is 2.19. The number of hydrogen-bond donors (Lipinski definition) is 2. The third-order valence-electron chi connectivity index (χ3n) is 2.86. The third kappa shape index (κ3) is 2.51. The molecule has 1 heterocycles. The van der Waals surface area contributed by atoms with Gasteiger partial charge in [-0.3, -0.25) is 9.59 Å². The molecule has 0 radical (unpaired) electrons. The lowest BCUT2D eigenvalue weighted by atomic mass is 10.00. The molecular formula is C14H14N2O2. The van der Waals surface area contributed by atoms with Gasteiger partial charge in [-0.15, -0.1) is 6.42 Å². The van der Waals surface area contributed by atoms with Gasteiger partial charge in [0.25, 0.3) is 5.91 Å². The molecule has 0 aromatic heterocycles. The van der Waals surface area contributed by atoms with Gasteiger partial charge in [-0.1, -0.05) is 5.92 Å². The van der Waals surface area contributed by atoms with Gasteiger partial charge >= 0.3 is 0 Å². The number of terminal acetylenes is 1. The van der Waals surface area contributed by atoms with Gasteiger partial charge in [0.15, 0.2) is 0 Å². The van der Waals surface area contributed by atoms with Crippen LogP contribution >= 0.6 is 0 Å². The second kappa shape index (κ2) is 4.92. The van der Waals surface area contributed by atoms with Crippen LogP contribution in [0.25, 0.3) is 0 Å². The molecule has 1 aromatic carbocycles. The fraction of sp³-hybridized carbons (Fsp3) is 0.286. The maximum absolute atomic E-state index is 11.9. The van der Waals surface area contributed by atoms with Gasteiger partial charge in [0, 0.05) is 17.7 Å². The predicted molar refractivity (Wildman–Crippen MR) is 69.2 cm³/mol. The lowest BCUT2D eigenvalue weighted by Gasteiger charge is -2.17. The van der Waals surface area contributed by atoms with Crippen LogP contribution < -0.4 is 10.6 Å². The molecule has 18 heavy (non-hydrogen) atoms. The monoisotopic (exact) mass is 242 g/mol. The molecule has 0 saturated carbocycles. The van der Waals surface area contributed by atoms with Crippen molar-refractivity contribution in [2.24, 2.45) is 0 Å². The first-order chi connectivity index (χ1) is 8.60. The molecule has 4 heteroatoms. The van der Waals surface area contributed by atoms with Gasteiger partial charge in [0.1, 0.15) is 0 Å². The van der Waals surface area contributed by atoms with Crippen molar-refractivity contribution in [3.8, 4) is 12.3 Å². The van der Waals surface area contributed by atoms with Crippen LogP contribution in [0.4, 0.5) is 5.69 Å². The first-order valence-corrected chi connectivity index (χ1v) is 5.80. The summed E-state index contributed by atoms with van der Waals surface area (Å²) in [7, 11) is 0. The van der Waals surface area contributed by atoms with Crippen molar-refractivity contribution in [1.29, 1.82) is 0 Å². The highest BCUT2D eigenvalue weighted by Gasteiger charge is 2.16. The molecule has 0 aliphatic carbocycles. The van der Waals surface area contributed by atoms with E-state index in [-0.39, 0.29) is 17.9 Å². The molecule has 92 valence electrons. The van der Waals surface area contributed by atoms with E-state index >= 15 is 0 Å². The topological polar surface area (TPSA) is 58.2 Å². The lowest BCUT2D eigenvalue weighted by molar-refractivity contribution is -0.116. The van der Waals surface area contributed by atoms with Crippen molar-refractivity contribution in [2.75, 3.05) is 5.32 Å². The number of nitrogens with one attached hydrogen (secondary N) is 2. The molecule has 1 aromatic rings. The summed E-state index contributed by atoms with van der Waals surface area (Å²) in [6.07, 6.45) is 6.33. The minimum Gasteiger partial charge on any atom is -0.339 e. The van der Waals surface area contributed by atoms with E-state index in [0.717, 1.165) is 11.3 Å². The average molecular weight is 242 g/mol. The van der Waals surface area contributed by atoms with Gasteiger partial charge < -0.3 is 10.6 Å². The predicted octanol–water partition coefficient (Wildman–Crippen LogP) is 1.32. The van der Waals surface area contributed by atoms with Gasteiger partial charge in [0.2, 0.25) is 5.91 Å². The molecule has 0 spiro atoms. The molecular weight excluding hydrogens is 228 g/mol. The molecule has 1 aliphatic rings. The van der Waals surface area contributed by atoms with Crippen LogP contribution in [0.3, 0.4) is 0 Å². The number of fused-ring (bicyclic) bond motifs is 1. The van der Waals surface area contributed by atoms with Crippen molar-refractivity contribution < 1.29 is 9.59 Å². The molecule has 4 nitrogen and oxygen atoms in total. The Hall–Kier alpha value is -2.28. The summed E-state index contributed by atoms with van der Waals surface area (Å²) in [4.78, 5) is 23.1. The van der Waals surface area contributed by atoms with Crippen molar-refractivity contribution in [3.05, 3.63) is 29.3 Å². The summed E-state index contributed by atoms with van der Waals surface area (Å²) < 4.78 is 0. The largest absolute Gasteiger partial charge is 0.339 e. The van der Waals surface area contributed by atoms with E-state index in [2.05, 4.69) is 16.6 Å². The van der Waals surface area contributed by atoms with E-state index in [9.17, 15) is 9.59 Å². The summed E-state index contributed by atoms with van der Waals surface area (Å²) in [5.74, 6) is 2.26. The van der Waals surface area contributed by atoms with E-state index in [1.165, 1.54) is 0 Å². The Bertz CT molecular complexity index is 543. The zero-order valence-corrected chi connectivity index (χ0v) is 10.1. The van der Waals surface area contributed by atoms with Crippen LogP contribution in [0.15, 0.2) is 18.2 Å².